The molecule has 96 valence electrons. The zero-order valence-electron chi connectivity index (χ0n) is 11.3. The first kappa shape index (κ1) is 14.1. The summed E-state index contributed by atoms with van der Waals surface area (Å²) in [6, 6.07) is 4.72. The van der Waals surface area contributed by atoms with Gasteiger partial charge in [0.25, 0.3) is 0 Å². The van der Waals surface area contributed by atoms with Crippen molar-refractivity contribution in [1.82, 2.24) is 15.2 Å². The van der Waals surface area contributed by atoms with Crippen LogP contribution in [-0.2, 0) is 6.54 Å². The molecule has 1 rings (SSSR count). The minimum Gasteiger partial charge on any atom is -0.314 e. The third kappa shape index (κ3) is 6.39. The number of hydrogen-bond acceptors (Lipinski definition) is 3. The maximum atomic E-state index is 4.13. The highest BCUT2D eigenvalue weighted by Gasteiger charge is 2.04. The van der Waals surface area contributed by atoms with Crippen LogP contribution in [0.2, 0.25) is 0 Å². The number of hydrogen-bond donors (Lipinski definition) is 1. The predicted molar refractivity (Wildman–Crippen MR) is 72.9 cm³/mol. The molecule has 0 aliphatic carbocycles. The number of aromatic nitrogens is 1. The first-order valence-electron chi connectivity index (χ1n) is 6.53. The molecule has 1 aromatic heterocycles. The Morgan fingerprint density at radius 2 is 2.29 bits per heavy atom. The molecular formula is C14H25N3. The lowest BCUT2D eigenvalue weighted by molar-refractivity contribution is 0.303. The van der Waals surface area contributed by atoms with E-state index in [9.17, 15) is 0 Å². The number of nitrogens with zero attached hydrogens (tertiary/aromatic N) is 2. The molecule has 1 atom stereocenters. The highest BCUT2D eigenvalue weighted by molar-refractivity contribution is 5.07. The van der Waals surface area contributed by atoms with Crippen molar-refractivity contribution in [2.75, 3.05) is 20.1 Å². The van der Waals surface area contributed by atoms with E-state index in [-0.39, 0.29) is 0 Å². The lowest BCUT2D eigenvalue weighted by Crippen LogP contribution is -2.31. The van der Waals surface area contributed by atoms with Crippen molar-refractivity contribution < 1.29 is 0 Å². The largest absolute Gasteiger partial charge is 0.314 e. The molecular weight excluding hydrogens is 210 g/mol. The Balaban J connectivity index is 2.19. The number of rotatable bonds is 8. The minimum absolute atomic E-state index is 0.603. The summed E-state index contributed by atoms with van der Waals surface area (Å²) in [7, 11) is 2.17. The zero-order chi connectivity index (χ0) is 12.5. The fraction of sp³-hybridized carbons (Fsp3) is 0.643. The summed E-state index contributed by atoms with van der Waals surface area (Å²) in [6.45, 7) is 7.68. The summed E-state index contributed by atoms with van der Waals surface area (Å²) >= 11 is 0. The van der Waals surface area contributed by atoms with E-state index in [0.717, 1.165) is 19.6 Å². The van der Waals surface area contributed by atoms with Crippen LogP contribution in [0.4, 0.5) is 0 Å². The molecule has 0 aliphatic heterocycles. The van der Waals surface area contributed by atoms with E-state index in [1.807, 2.05) is 18.5 Å². The fourth-order valence-corrected chi connectivity index (χ4v) is 1.79. The molecule has 3 nitrogen and oxygen atoms in total. The average Bonchev–Trinajstić information content (AvgIpc) is 2.35. The van der Waals surface area contributed by atoms with Crippen molar-refractivity contribution in [3.63, 3.8) is 0 Å². The first-order chi connectivity index (χ1) is 8.22. The van der Waals surface area contributed by atoms with Crippen molar-refractivity contribution >= 4 is 0 Å². The van der Waals surface area contributed by atoms with E-state index in [0.29, 0.717) is 6.04 Å². The molecule has 0 saturated heterocycles. The van der Waals surface area contributed by atoms with Gasteiger partial charge in [-0.1, -0.05) is 13.0 Å². The Bertz CT molecular complexity index is 287. The molecule has 0 amide bonds. The lowest BCUT2D eigenvalue weighted by Gasteiger charge is -2.20. The molecule has 0 bridgehead atoms. The van der Waals surface area contributed by atoms with E-state index in [1.165, 1.54) is 18.4 Å². The minimum atomic E-state index is 0.603. The van der Waals surface area contributed by atoms with Crippen LogP contribution >= 0.6 is 0 Å². The smallest absolute Gasteiger partial charge is 0.0312 e. The van der Waals surface area contributed by atoms with Gasteiger partial charge in [0.2, 0.25) is 0 Å². The molecule has 0 saturated carbocycles. The van der Waals surface area contributed by atoms with E-state index in [1.54, 1.807) is 0 Å². The van der Waals surface area contributed by atoms with Gasteiger partial charge in [-0.2, -0.15) is 0 Å². The van der Waals surface area contributed by atoms with Crippen LogP contribution in [0.1, 0.15) is 32.3 Å². The molecule has 3 heteroatoms. The van der Waals surface area contributed by atoms with E-state index >= 15 is 0 Å². The van der Waals surface area contributed by atoms with Crippen LogP contribution in [0.5, 0.6) is 0 Å². The maximum absolute atomic E-state index is 4.13. The second-order valence-electron chi connectivity index (χ2n) is 4.74. The van der Waals surface area contributed by atoms with Gasteiger partial charge in [0, 0.05) is 25.0 Å². The van der Waals surface area contributed by atoms with Gasteiger partial charge < -0.3 is 10.2 Å². The Kier molecular flexibility index (Phi) is 6.82. The highest BCUT2D eigenvalue weighted by atomic mass is 15.1. The standard InChI is InChI=1S/C14H25N3/c1-4-8-16-13(2)7-10-17(3)12-14-6-5-9-15-11-14/h5-6,9,11,13,16H,4,7-8,10,12H2,1-3H3. The fourth-order valence-electron chi connectivity index (χ4n) is 1.79. The van der Waals surface area contributed by atoms with Gasteiger partial charge in [-0.15, -0.1) is 0 Å². The molecule has 0 aromatic carbocycles. The van der Waals surface area contributed by atoms with Gasteiger partial charge in [-0.25, -0.2) is 0 Å². The monoisotopic (exact) mass is 235 g/mol. The van der Waals surface area contributed by atoms with Gasteiger partial charge in [0.15, 0.2) is 0 Å². The predicted octanol–water partition coefficient (Wildman–Crippen LogP) is 2.29. The third-order valence-corrected chi connectivity index (χ3v) is 2.86. The van der Waals surface area contributed by atoms with Gasteiger partial charge in [-0.05, 0) is 51.5 Å². The SMILES string of the molecule is CCCNC(C)CCN(C)Cc1cccnc1. The van der Waals surface area contributed by atoms with Crippen molar-refractivity contribution in [1.29, 1.82) is 0 Å². The molecule has 1 heterocycles. The Labute approximate surface area is 105 Å². The van der Waals surface area contributed by atoms with Gasteiger partial charge >= 0.3 is 0 Å². The van der Waals surface area contributed by atoms with Gasteiger partial charge in [-0.3, -0.25) is 4.98 Å². The summed E-state index contributed by atoms with van der Waals surface area (Å²) in [5.74, 6) is 0. The van der Waals surface area contributed by atoms with Crippen LogP contribution in [0.3, 0.4) is 0 Å². The van der Waals surface area contributed by atoms with E-state index in [4.69, 9.17) is 0 Å². The normalized spacial score (nSPS) is 12.9. The molecule has 1 aromatic rings. The molecule has 0 fully saturated rings. The second-order valence-corrected chi connectivity index (χ2v) is 4.74. The molecule has 0 aliphatic rings. The van der Waals surface area contributed by atoms with Crippen LogP contribution in [0, 0.1) is 0 Å². The van der Waals surface area contributed by atoms with Crippen molar-refractivity contribution in [3.05, 3.63) is 30.1 Å². The summed E-state index contributed by atoms with van der Waals surface area (Å²) in [5.41, 5.74) is 1.28. The third-order valence-electron chi connectivity index (χ3n) is 2.86. The summed E-state index contributed by atoms with van der Waals surface area (Å²) in [5, 5.41) is 3.51. The van der Waals surface area contributed by atoms with Crippen LogP contribution in [0.15, 0.2) is 24.5 Å². The molecule has 0 spiro atoms. The molecule has 0 radical (unpaired) electrons. The number of nitrogens with one attached hydrogen (secondary N) is 1. The summed E-state index contributed by atoms with van der Waals surface area (Å²) < 4.78 is 0. The topological polar surface area (TPSA) is 28.2 Å². The second kappa shape index (κ2) is 8.20. The molecule has 1 unspecified atom stereocenters. The average molecular weight is 235 g/mol. The Hall–Kier alpha value is -0.930. The van der Waals surface area contributed by atoms with Crippen LogP contribution in [-0.4, -0.2) is 36.1 Å². The van der Waals surface area contributed by atoms with Crippen LogP contribution in [0.25, 0.3) is 0 Å². The summed E-state index contributed by atoms with van der Waals surface area (Å²) in [4.78, 5) is 6.48. The van der Waals surface area contributed by atoms with Crippen molar-refractivity contribution in [2.45, 2.75) is 39.3 Å². The Morgan fingerprint density at radius 1 is 1.47 bits per heavy atom. The number of pyridine rings is 1. The van der Waals surface area contributed by atoms with Crippen molar-refractivity contribution in [2.24, 2.45) is 0 Å². The molecule has 1 N–H and O–H groups in total. The quantitative estimate of drug-likeness (QED) is 0.749. The van der Waals surface area contributed by atoms with E-state index < -0.39 is 0 Å². The maximum Gasteiger partial charge on any atom is 0.0312 e. The Morgan fingerprint density at radius 3 is 2.94 bits per heavy atom. The summed E-state index contributed by atoms with van der Waals surface area (Å²) in [6.07, 6.45) is 6.15. The van der Waals surface area contributed by atoms with Crippen molar-refractivity contribution in [3.8, 4) is 0 Å². The first-order valence-corrected chi connectivity index (χ1v) is 6.53. The van der Waals surface area contributed by atoms with Gasteiger partial charge in [0.05, 0.1) is 0 Å². The zero-order valence-corrected chi connectivity index (χ0v) is 11.3. The molecule has 17 heavy (non-hydrogen) atoms. The highest BCUT2D eigenvalue weighted by Crippen LogP contribution is 2.02. The van der Waals surface area contributed by atoms with Crippen LogP contribution < -0.4 is 5.32 Å². The van der Waals surface area contributed by atoms with Gasteiger partial charge in [0.1, 0.15) is 0 Å². The lowest BCUT2D eigenvalue weighted by atomic mass is 10.2. The van der Waals surface area contributed by atoms with E-state index in [2.05, 4.69) is 42.2 Å².